The van der Waals surface area contributed by atoms with E-state index in [-0.39, 0.29) is 16.2 Å². The Balaban J connectivity index is 1.11. The first kappa shape index (κ1) is 39.3. The summed E-state index contributed by atoms with van der Waals surface area (Å²) in [7, 11) is 0. The molecule has 3 aromatic heterocycles. The lowest BCUT2D eigenvalue weighted by Gasteiger charge is -2.28. The second-order valence-electron chi connectivity index (χ2n) is 20.7. The molecule has 0 N–H and O–H groups in total. The Kier molecular flexibility index (Phi) is 8.37. The Bertz CT molecular complexity index is 3620. The predicted molar refractivity (Wildman–Crippen MR) is 275 cm³/mol. The third-order valence-corrected chi connectivity index (χ3v) is 14.2. The molecular formula is C61H53N3O. The molecule has 0 atom stereocenters. The highest BCUT2D eigenvalue weighted by Gasteiger charge is 2.43. The van der Waals surface area contributed by atoms with Crippen LogP contribution in [0.4, 0.5) is 34.1 Å². The average molecular weight is 844 g/mol. The summed E-state index contributed by atoms with van der Waals surface area (Å²) in [6.45, 7) is 18.4. The largest absolute Gasteiger partial charge is 0.439 e. The van der Waals surface area contributed by atoms with Crippen molar-refractivity contribution in [3.8, 4) is 11.3 Å². The number of fused-ring (bicyclic) bond motifs is 11. The van der Waals surface area contributed by atoms with Gasteiger partial charge in [0.25, 0.3) is 0 Å². The van der Waals surface area contributed by atoms with Gasteiger partial charge in [-0.3, -0.25) is 4.40 Å². The molecule has 65 heavy (non-hydrogen) atoms. The van der Waals surface area contributed by atoms with E-state index < -0.39 is 0 Å². The van der Waals surface area contributed by atoms with Gasteiger partial charge in [0.2, 0.25) is 5.71 Å². The van der Waals surface area contributed by atoms with E-state index in [1.807, 2.05) is 0 Å². The molecule has 0 spiro atoms. The fourth-order valence-corrected chi connectivity index (χ4v) is 10.8. The molecule has 1 aliphatic rings. The van der Waals surface area contributed by atoms with Crippen LogP contribution in [0.3, 0.4) is 0 Å². The zero-order valence-corrected chi connectivity index (χ0v) is 38.5. The summed E-state index contributed by atoms with van der Waals surface area (Å²) < 4.78 is 9.53. The lowest BCUT2D eigenvalue weighted by atomic mass is 9.80. The molecule has 0 unspecified atom stereocenters. The summed E-state index contributed by atoms with van der Waals surface area (Å²) in [5, 5.41) is 7.18. The maximum absolute atomic E-state index is 7.05. The Labute approximate surface area is 381 Å². The van der Waals surface area contributed by atoms with E-state index in [0.29, 0.717) is 0 Å². The third-order valence-electron chi connectivity index (χ3n) is 14.2. The van der Waals surface area contributed by atoms with Gasteiger partial charge in [0.1, 0.15) is 5.58 Å². The summed E-state index contributed by atoms with van der Waals surface area (Å²) in [6.07, 6.45) is 0. The highest BCUT2D eigenvalue weighted by Crippen LogP contribution is 2.58. The van der Waals surface area contributed by atoms with Crippen molar-refractivity contribution in [3.63, 3.8) is 0 Å². The number of nitrogens with zero attached hydrogens (tertiary/aromatic N) is 3. The normalized spacial score (nSPS) is 13.7. The number of hydrogen-bond acceptors (Lipinski definition) is 3. The van der Waals surface area contributed by atoms with Crippen molar-refractivity contribution in [2.45, 2.75) is 71.6 Å². The maximum atomic E-state index is 7.05. The minimum absolute atomic E-state index is 0.0464. The van der Waals surface area contributed by atoms with Gasteiger partial charge >= 0.3 is 0 Å². The molecule has 0 bridgehead atoms. The van der Waals surface area contributed by atoms with Crippen LogP contribution in [0, 0.1) is 0 Å². The Morgan fingerprint density at radius 1 is 0.477 bits per heavy atom. The van der Waals surface area contributed by atoms with Crippen molar-refractivity contribution in [1.29, 1.82) is 0 Å². The first-order valence-corrected chi connectivity index (χ1v) is 23.0. The first-order chi connectivity index (χ1) is 31.3. The fourth-order valence-electron chi connectivity index (χ4n) is 10.8. The minimum Gasteiger partial charge on any atom is -0.439 e. The van der Waals surface area contributed by atoms with Crippen LogP contribution in [-0.4, -0.2) is 4.40 Å². The van der Waals surface area contributed by atoms with E-state index in [4.69, 9.17) is 4.42 Å². The number of aromatic nitrogens is 1. The van der Waals surface area contributed by atoms with Gasteiger partial charge in [-0.05, 0) is 129 Å². The predicted octanol–water partition coefficient (Wildman–Crippen LogP) is 17.4. The molecule has 0 fully saturated rings. The summed E-state index contributed by atoms with van der Waals surface area (Å²) >= 11 is 0. The van der Waals surface area contributed by atoms with Crippen molar-refractivity contribution < 1.29 is 4.42 Å². The highest BCUT2D eigenvalue weighted by atomic mass is 16.3. The van der Waals surface area contributed by atoms with Gasteiger partial charge in [-0.2, -0.15) is 0 Å². The maximum Gasteiger partial charge on any atom is 0.213 e. The van der Waals surface area contributed by atoms with Crippen molar-refractivity contribution in [2.75, 3.05) is 9.80 Å². The molecule has 318 valence electrons. The van der Waals surface area contributed by atoms with Crippen LogP contribution in [-0.2, 0) is 16.2 Å². The van der Waals surface area contributed by atoms with Crippen LogP contribution in [0.15, 0.2) is 180 Å². The summed E-state index contributed by atoms with van der Waals surface area (Å²) in [4.78, 5) is 4.81. The number of rotatable bonds is 6. The van der Waals surface area contributed by atoms with Crippen LogP contribution in [0.5, 0.6) is 0 Å². The molecule has 11 aromatic rings. The van der Waals surface area contributed by atoms with E-state index in [2.05, 4.69) is 246 Å². The number of para-hydroxylation sites is 3. The van der Waals surface area contributed by atoms with Crippen molar-refractivity contribution >= 4 is 83.3 Å². The van der Waals surface area contributed by atoms with Gasteiger partial charge in [0.05, 0.1) is 22.3 Å². The van der Waals surface area contributed by atoms with Crippen LogP contribution in [0.25, 0.3) is 60.4 Å². The molecule has 0 saturated heterocycles. The number of furan rings is 1. The lowest BCUT2D eigenvalue weighted by molar-refractivity contribution is 0.590. The van der Waals surface area contributed by atoms with Crippen LogP contribution < -0.4 is 9.80 Å². The van der Waals surface area contributed by atoms with Gasteiger partial charge in [-0.15, -0.1) is 0 Å². The molecule has 4 nitrogen and oxygen atoms in total. The second-order valence-corrected chi connectivity index (χ2v) is 20.7. The van der Waals surface area contributed by atoms with Crippen LogP contribution >= 0.6 is 0 Å². The van der Waals surface area contributed by atoms with Crippen LogP contribution in [0.2, 0.25) is 0 Å². The summed E-state index contributed by atoms with van der Waals surface area (Å²) in [5.74, 6) is 0. The number of anilines is 6. The quantitative estimate of drug-likeness (QED) is 0.167. The van der Waals surface area contributed by atoms with Crippen LogP contribution in [0.1, 0.15) is 77.6 Å². The number of benzene rings is 8. The van der Waals surface area contributed by atoms with E-state index in [1.54, 1.807) is 0 Å². The topological polar surface area (TPSA) is 24.0 Å². The molecule has 3 heterocycles. The third kappa shape index (κ3) is 5.89. The standard InChI is InChI=1S/C61H53N3O/c1-59(2,3)40-24-29-44(30-25-40)62(42-17-11-9-12-18-42)46-28-23-38-37-50-49(36-39(38)35-46)57-55(61(50,7)8)48-33-34-51(54-53-47-21-15-16-22-52(47)65-58(53)64(57)56(48)54)63(43-19-13-10-14-20-43)45-31-26-41(27-32-45)60(4,5)6/h9-37H,1-8H3. The lowest BCUT2D eigenvalue weighted by Crippen LogP contribution is -2.15. The zero-order valence-electron chi connectivity index (χ0n) is 38.5. The van der Waals surface area contributed by atoms with Gasteiger partial charge in [0.15, 0.2) is 0 Å². The van der Waals surface area contributed by atoms with Gasteiger partial charge in [-0.1, -0.05) is 146 Å². The van der Waals surface area contributed by atoms with Gasteiger partial charge < -0.3 is 14.2 Å². The molecule has 0 amide bonds. The zero-order chi connectivity index (χ0) is 44.6. The summed E-state index contributed by atoms with van der Waals surface area (Å²) in [5.41, 5.74) is 17.4. The van der Waals surface area contributed by atoms with Gasteiger partial charge in [-0.25, -0.2) is 0 Å². The Morgan fingerprint density at radius 2 is 1.03 bits per heavy atom. The first-order valence-electron chi connectivity index (χ1n) is 23.0. The number of hydrogen-bond donors (Lipinski definition) is 0. The molecule has 0 aliphatic heterocycles. The van der Waals surface area contributed by atoms with E-state index in [9.17, 15) is 0 Å². The SMILES string of the molecule is CC(C)(C)c1ccc(N(c2ccccc2)c2ccc3cc4c(cc3c2)-c2c(c3ccc(N(c5ccccc5)c5ccc(C(C)(C)C)cc5)c5c6c7ccccc7oc6n2c35)C4(C)C)cc1. The Hall–Kier alpha value is -7.30. The Morgan fingerprint density at radius 3 is 1.66 bits per heavy atom. The average Bonchev–Trinajstić information content (AvgIpc) is 4.01. The molecule has 0 saturated carbocycles. The molecule has 8 aromatic carbocycles. The minimum atomic E-state index is -0.268. The van der Waals surface area contributed by atoms with E-state index >= 15 is 0 Å². The molecular weight excluding hydrogens is 791 g/mol. The summed E-state index contributed by atoms with van der Waals surface area (Å²) in [6, 6.07) is 64.9. The molecule has 0 radical (unpaired) electrons. The van der Waals surface area contributed by atoms with Crippen molar-refractivity contribution in [2.24, 2.45) is 0 Å². The fraction of sp³-hybridized carbons (Fsp3) is 0.180. The van der Waals surface area contributed by atoms with Gasteiger partial charge in [0, 0.05) is 55.6 Å². The molecule has 12 rings (SSSR count). The molecule has 4 heteroatoms. The second kappa shape index (κ2) is 13.8. The van der Waals surface area contributed by atoms with Crippen molar-refractivity contribution in [3.05, 3.63) is 198 Å². The smallest absolute Gasteiger partial charge is 0.213 e. The molecule has 1 aliphatic carbocycles. The van der Waals surface area contributed by atoms with E-state index in [0.717, 1.165) is 56.2 Å². The highest BCUT2D eigenvalue weighted by molar-refractivity contribution is 6.29. The monoisotopic (exact) mass is 843 g/mol. The van der Waals surface area contributed by atoms with Crippen molar-refractivity contribution in [1.82, 2.24) is 4.40 Å². The van der Waals surface area contributed by atoms with E-state index in [1.165, 1.54) is 60.6 Å².